The van der Waals surface area contributed by atoms with Crippen molar-refractivity contribution in [1.29, 1.82) is 0 Å². The third-order valence-corrected chi connectivity index (χ3v) is 4.98. The van der Waals surface area contributed by atoms with Gasteiger partial charge in [-0.3, -0.25) is 5.43 Å². The minimum atomic E-state index is -4.35. The molecule has 0 fully saturated rings. The van der Waals surface area contributed by atoms with E-state index in [-0.39, 0.29) is 0 Å². The van der Waals surface area contributed by atoms with Crippen molar-refractivity contribution in [3.05, 3.63) is 92.0 Å². The van der Waals surface area contributed by atoms with Crippen molar-refractivity contribution < 1.29 is 17.9 Å². The third-order valence-electron chi connectivity index (χ3n) is 3.88. The fourth-order valence-electron chi connectivity index (χ4n) is 2.37. The van der Waals surface area contributed by atoms with Crippen molar-refractivity contribution >= 4 is 46.1 Å². The first-order chi connectivity index (χ1) is 13.8. The highest BCUT2D eigenvalue weighted by molar-refractivity contribution is 14.1. The van der Waals surface area contributed by atoms with E-state index >= 15 is 0 Å². The van der Waals surface area contributed by atoms with Gasteiger partial charge < -0.3 is 4.74 Å². The lowest BCUT2D eigenvalue weighted by Crippen LogP contribution is -2.04. The molecule has 150 valence electrons. The van der Waals surface area contributed by atoms with E-state index in [0.717, 1.165) is 32.6 Å². The van der Waals surface area contributed by atoms with E-state index in [1.54, 1.807) is 6.21 Å². The zero-order valence-electron chi connectivity index (χ0n) is 14.9. The number of hydrogen-bond donors (Lipinski definition) is 1. The van der Waals surface area contributed by atoms with Crippen LogP contribution in [0.5, 0.6) is 5.75 Å². The van der Waals surface area contributed by atoms with Crippen LogP contribution >= 0.6 is 34.2 Å². The standard InChI is InChI=1S/C21H15ClF3IN2O/c22-17-6-1-14(2-7-17)13-29-20-10-3-15(11-19(20)26)12-27-28-18-8-4-16(5-9-18)21(23,24)25/h1-12,28H,13H2/b27-12+. The highest BCUT2D eigenvalue weighted by Crippen LogP contribution is 2.29. The monoisotopic (exact) mass is 530 g/mol. The Morgan fingerprint density at radius 1 is 1.00 bits per heavy atom. The predicted molar refractivity (Wildman–Crippen MR) is 118 cm³/mol. The number of rotatable bonds is 6. The van der Waals surface area contributed by atoms with E-state index in [2.05, 4.69) is 33.1 Å². The molecule has 29 heavy (non-hydrogen) atoms. The molecule has 3 nitrogen and oxygen atoms in total. The zero-order chi connectivity index (χ0) is 20.9. The fourth-order valence-corrected chi connectivity index (χ4v) is 3.19. The molecule has 3 rings (SSSR count). The Kier molecular flexibility index (Phi) is 7.02. The summed E-state index contributed by atoms with van der Waals surface area (Å²) in [4.78, 5) is 0. The van der Waals surface area contributed by atoms with Crippen LogP contribution in [0.2, 0.25) is 5.02 Å². The molecule has 0 aliphatic heterocycles. The molecule has 0 bridgehead atoms. The largest absolute Gasteiger partial charge is 0.488 e. The van der Waals surface area contributed by atoms with Gasteiger partial charge >= 0.3 is 6.18 Å². The Bertz CT molecular complexity index is 990. The van der Waals surface area contributed by atoms with Crippen LogP contribution in [-0.4, -0.2) is 6.21 Å². The molecule has 1 N–H and O–H groups in total. The van der Waals surface area contributed by atoms with E-state index in [1.165, 1.54) is 12.1 Å². The number of hydrogen-bond acceptors (Lipinski definition) is 3. The molecule has 8 heteroatoms. The minimum absolute atomic E-state index is 0.427. The Labute approximate surface area is 184 Å². The van der Waals surface area contributed by atoms with E-state index in [0.29, 0.717) is 17.3 Å². The molecule has 0 atom stereocenters. The van der Waals surface area contributed by atoms with Gasteiger partial charge in [-0.1, -0.05) is 23.7 Å². The number of halogens is 5. The molecule has 0 aliphatic carbocycles. The molecule has 0 heterocycles. The Morgan fingerprint density at radius 3 is 2.31 bits per heavy atom. The van der Waals surface area contributed by atoms with Crippen LogP contribution in [0.3, 0.4) is 0 Å². The molecule has 0 aromatic heterocycles. The summed E-state index contributed by atoms with van der Waals surface area (Å²) in [5.41, 5.74) is 4.32. The summed E-state index contributed by atoms with van der Waals surface area (Å²) >= 11 is 8.05. The van der Waals surface area contributed by atoms with Crippen molar-refractivity contribution in [2.24, 2.45) is 5.10 Å². The summed E-state index contributed by atoms with van der Waals surface area (Å²) in [7, 11) is 0. The maximum atomic E-state index is 12.6. The molecule has 0 amide bonds. The minimum Gasteiger partial charge on any atom is -0.488 e. The summed E-state index contributed by atoms with van der Waals surface area (Å²) in [6, 6.07) is 17.7. The quantitative estimate of drug-likeness (QED) is 0.212. The van der Waals surface area contributed by atoms with Crippen LogP contribution in [0.1, 0.15) is 16.7 Å². The topological polar surface area (TPSA) is 33.6 Å². The van der Waals surface area contributed by atoms with Crippen molar-refractivity contribution in [1.82, 2.24) is 0 Å². The molecule has 3 aromatic carbocycles. The molecule has 3 aromatic rings. The van der Waals surface area contributed by atoms with Crippen LogP contribution in [0.15, 0.2) is 71.8 Å². The van der Waals surface area contributed by atoms with Gasteiger partial charge in [0.05, 0.1) is 21.0 Å². The Balaban J connectivity index is 1.57. The second kappa shape index (κ2) is 9.49. The number of hydrazone groups is 1. The van der Waals surface area contributed by atoms with Gasteiger partial charge in [0.25, 0.3) is 0 Å². The summed E-state index contributed by atoms with van der Waals surface area (Å²) in [5, 5.41) is 4.74. The van der Waals surface area contributed by atoms with E-state index < -0.39 is 11.7 Å². The van der Waals surface area contributed by atoms with Crippen LogP contribution in [-0.2, 0) is 12.8 Å². The van der Waals surface area contributed by atoms with Gasteiger partial charge in [0.1, 0.15) is 12.4 Å². The highest BCUT2D eigenvalue weighted by Gasteiger charge is 2.29. The van der Waals surface area contributed by atoms with Gasteiger partial charge in [-0.05, 0) is 88.3 Å². The Hall–Kier alpha value is -2.26. The maximum absolute atomic E-state index is 12.6. The number of alkyl halides is 3. The lowest BCUT2D eigenvalue weighted by atomic mass is 10.2. The number of ether oxygens (including phenoxy) is 1. The summed E-state index contributed by atoms with van der Waals surface area (Å²) in [5.74, 6) is 0.744. The van der Waals surface area contributed by atoms with Crippen LogP contribution in [0.25, 0.3) is 0 Å². The lowest BCUT2D eigenvalue weighted by molar-refractivity contribution is -0.137. The predicted octanol–water partition coefficient (Wildman–Crippen LogP) is 6.99. The van der Waals surface area contributed by atoms with Gasteiger partial charge in [0.15, 0.2) is 0 Å². The second-order valence-electron chi connectivity index (χ2n) is 6.05. The number of nitrogens with one attached hydrogen (secondary N) is 1. The third kappa shape index (κ3) is 6.37. The average molecular weight is 531 g/mol. The van der Waals surface area contributed by atoms with Gasteiger partial charge in [-0.25, -0.2) is 0 Å². The van der Waals surface area contributed by atoms with Crippen molar-refractivity contribution in [2.45, 2.75) is 12.8 Å². The first-order valence-electron chi connectivity index (χ1n) is 8.44. The summed E-state index contributed by atoms with van der Waals surface area (Å²) in [6.07, 6.45) is -2.77. The van der Waals surface area contributed by atoms with Gasteiger partial charge in [-0.15, -0.1) is 0 Å². The molecular weight excluding hydrogens is 516 g/mol. The van der Waals surface area contributed by atoms with Crippen LogP contribution in [0.4, 0.5) is 18.9 Å². The fraction of sp³-hybridized carbons (Fsp3) is 0.0952. The summed E-state index contributed by atoms with van der Waals surface area (Å²) in [6.45, 7) is 0.427. The molecule has 0 unspecified atom stereocenters. The molecule has 0 saturated carbocycles. The van der Waals surface area contributed by atoms with E-state index in [4.69, 9.17) is 16.3 Å². The smallest absolute Gasteiger partial charge is 0.416 e. The van der Waals surface area contributed by atoms with Gasteiger partial charge in [-0.2, -0.15) is 18.3 Å². The second-order valence-corrected chi connectivity index (χ2v) is 7.65. The van der Waals surface area contributed by atoms with E-state index in [1.807, 2.05) is 42.5 Å². The normalized spacial score (nSPS) is 11.6. The average Bonchev–Trinajstić information content (AvgIpc) is 2.68. The molecule has 0 aliphatic rings. The van der Waals surface area contributed by atoms with Crippen LogP contribution in [0, 0.1) is 3.57 Å². The zero-order valence-corrected chi connectivity index (χ0v) is 17.8. The van der Waals surface area contributed by atoms with Crippen molar-refractivity contribution in [3.63, 3.8) is 0 Å². The maximum Gasteiger partial charge on any atom is 0.416 e. The first-order valence-corrected chi connectivity index (χ1v) is 9.90. The molecule has 0 radical (unpaired) electrons. The molecular formula is C21H15ClF3IN2O. The Morgan fingerprint density at radius 2 is 1.69 bits per heavy atom. The van der Waals surface area contributed by atoms with Crippen LogP contribution < -0.4 is 10.2 Å². The van der Waals surface area contributed by atoms with Crippen molar-refractivity contribution in [3.8, 4) is 5.75 Å². The summed E-state index contributed by atoms with van der Waals surface area (Å²) < 4.78 is 44.4. The van der Waals surface area contributed by atoms with Gasteiger partial charge in [0.2, 0.25) is 0 Å². The SMILES string of the molecule is FC(F)(F)c1ccc(N/N=C/c2ccc(OCc3ccc(Cl)cc3)c(I)c2)cc1. The molecule has 0 saturated heterocycles. The number of anilines is 1. The first kappa shape index (κ1) is 21.4. The highest BCUT2D eigenvalue weighted by atomic mass is 127. The van der Waals surface area contributed by atoms with Gasteiger partial charge in [0, 0.05) is 5.02 Å². The van der Waals surface area contributed by atoms with Crippen molar-refractivity contribution in [2.75, 3.05) is 5.43 Å². The number of nitrogens with zero attached hydrogens (tertiary/aromatic N) is 1. The lowest BCUT2D eigenvalue weighted by Gasteiger charge is -2.09. The number of benzene rings is 3. The molecule has 0 spiro atoms. The van der Waals surface area contributed by atoms with E-state index in [9.17, 15) is 13.2 Å².